The highest BCUT2D eigenvalue weighted by Gasteiger charge is 2.37. The van der Waals surface area contributed by atoms with Gasteiger partial charge in [-0.05, 0) is 48.3 Å². The van der Waals surface area contributed by atoms with Crippen LogP contribution in [0.1, 0.15) is 47.2 Å². The fourth-order valence-corrected chi connectivity index (χ4v) is 3.69. The molecule has 0 radical (unpaired) electrons. The number of benzene rings is 2. The van der Waals surface area contributed by atoms with Gasteiger partial charge in [0.1, 0.15) is 0 Å². The van der Waals surface area contributed by atoms with Gasteiger partial charge in [-0.15, -0.1) is 0 Å². The Kier molecular flexibility index (Phi) is 5.71. The molecule has 0 bridgehead atoms. The van der Waals surface area contributed by atoms with E-state index in [0.29, 0.717) is 24.9 Å². The summed E-state index contributed by atoms with van der Waals surface area (Å²) in [6.07, 6.45) is 5.25. The Morgan fingerprint density at radius 3 is 2.35 bits per heavy atom. The predicted octanol–water partition coefficient (Wildman–Crippen LogP) is 3.85. The van der Waals surface area contributed by atoms with Gasteiger partial charge < -0.3 is 10.4 Å². The largest absolute Gasteiger partial charge is 0.478 e. The van der Waals surface area contributed by atoms with E-state index in [9.17, 15) is 14.7 Å². The Labute approximate surface area is 154 Å². The second-order valence-corrected chi connectivity index (χ2v) is 7.25. The molecule has 2 aromatic carbocycles. The number of carbonyl (C=O) groups is 2. The van der Waals surface area contributed by atoms with E-state index in [2.05, 4.69) is 29.6 Å². The number of carboxylic acid groups (broad SMARTS) is 1. The highest BCUT2D eigenvalue weighted by Crippen LogP contribution is 2.43. The minimum atomic E-state index is -0.947. The van der Waals surface area contributed by atoms with Crippen molar-refractivity contribution in [1.29, 1.82) is 0 Å². The summed E-state index contributed by atoms with van der Waals surface area (Å²) in [5.74, 6) is -0.957. The van der Waals surface area contributed by atoms with E-state index in [1.807, 2.05) is 12.1 Å². The Morgan fingerprint density at radius 2 is 1.69 bits per heavy atom. The van der Waals surface area contributed by atoms with Gasteiger partial charge in [-0.25, -0.2) is 4.79 Å². The highest BCUT2D eigenvalue weighted by atomic mass is 16.4. The van der Waals surface area contributed by atoms with Crippen LogP contribution in [0.3, 0.4) is 0 Å². The molecule has 4 heteroatoms. The predicted molar refractivity (Wildman–Crippen MR) is 101 cm³/mol. The number of nitrogens with one attached hydrogen (secondary N) is 1. The zero-order valence-electron chi connectivity index (χ0n) is 14.9. The zero-order chi connectivity index (χ0) is 18.4. The molecule has 0 saturated heterocycles. The smallest absolute Gasteiger partial charge is 0.335 e. The molecule has 2 N–H and O–H groups in total. The van der Waals surface area contributed by atoms with Crippen molar-refractivity contribution in [3.63, 3.8) is 0 Å². The van der Waals surface area contributed by atoms with Gasteiger partial charge in [-0.3, -0.25) is 4.79 Å². The van der Waals surface area contributed by atoms with Crippen molar-refractivity contribution in [3.8, 4) is 0 Å². The summed E-state index contributed by atoms with van der Waals surface area (Å²) in [7, 11) is 0. The number of aromatic carboxylic acids is 1. The lowest BCUT2D eigenvalue weighted by Crippen LogP contribution is -2.43. The van der Waals surface area contributed by atoms with Crippen LogP contribution in [-0.4, -0.2) is 23.5 Å². The fourth-order valence-electron chi connectivity index (χ4n) is 3.69. The Morgan fingerprint density at radius 1 is 1.00 bits per heavy atom. The van der Waals surface area contributed by atoms with Crippen LogP contribution in [0.15, 0.2) is 54.6 Å². The molecule has 0 aromatic heterocycles. The number of amides is 1. The molecule has 0 aliphatic heterocycles. The average Bonchev–Trinajstić information content (AvgIpc) is 2.63. The van der Waals surface area contributed by atoms with Gasteiger partial charge in [-0.2, -0.15) is 0 Å². The molecule has 4 nitrogen and oxygen atoms in total. The van der Waals surface area contributed by atoms with Crippen molar-refractivity contribution in [2.45, 2.75) is 38.5 Å². The SMILES string of the molecule is O=C(CCc1ccccc1C(=O)O)NCC1(Cc2ccccc2)CCC1. The number of hydrogen-bond donors (Lipinski definition) is 2. The summed E-state index contributed by atoms with van der Waals surface area (Å²) in [5, 5.41) is 12.3. The molecule has 1 amide bonds. The van der Waals surface area contributed by atoms with Gasteiger partial charge in [0, 0.05) is 13.0 Å². The molecule has 0 spiro atoms. The van der Waals surface area contributed by atoms with E-state index >= 15 is 0 Å². The number of aryl methyl sites for hydroxylation is 1. The molecule has 1 saturated carbocycles. The molecule has 1 fully saturated rings. The van der Waals surface area contributed by atoms with Gasteiger partial charge in [0.2, 0.25) is 5.91 Å². The number of rotatable bonds is 8. The van der Waals surface area contributed by atoms with Crippen molar-refractivity contribution in [1.82, 2.24) is 5.32 Å². The lowest BCUT2D eigenvalue weighted by Gasteiger charge is -2.42. The normalized spacial score (nSPS) is 15.1. The van der Waals surface area contributed by atoms with Gasteiger partial charge >= 0.3 is 5.97 Å². The lowest BCUT2D eigenvalue weighted by molar-refractivity contribution is -0.121. The monoisotopic (exact) mass is 351 g/mol. The molecule has 1 aliphatic carbocycles. The molecule has 136 valence electrons. The van der Waals surface area contributed by atoms with Gasteiger partial charge in [0.05, 0.1) is 5.56 Å². The molecule has 2 aromatic rings. The molecular formula is C22H25NO3. The van der Waals surface area contributed by atoms with Crippen LogP contribution < -0.4 is 5.32 Å². The first-order valence-electron chi connectivity index (χ1n) is 9.20. The van der Waals surface area contributed by atoms with Crippen LogP contribution in [0.5, 0.6) is 0 Å². The maximum atomic E-state index is 12.3. The third-order valence-corrected chi connectivity index (χ3v) is 5.37. The molecule has 0 unspecified atom stereocenters. The zero-order valence-corrected chi connectivity index (χ0v) is 14.9. The van der Waals surface area contributed by atoms with Gasteiger partial charge in [0.15, 0.2) is 0 Å². The molecule has 0 atom stereocenters. The van der Waals surface area contributed by atoms with E-state index < -0.39 is 5.97 Å². The summed E-state index contributed by atoms with van der Waals surface area (Å²) in [6.45, 7) is 0.696. The van der Waals surface area contributed by atoms with Crippen LogP contribution >= 0.6 is 0 Å². The highest BCUT2D eigenvalue weighted by molar-refractivity contribution is 5.89. The molecule has 1 aliphatic rings. The van der Waals surface area contributed by atoms with Crippen molar-refractivity contribution < 1.29 is 14.7 Å². The van der Waals surface area contributed by atoms with Crippen LogP contribution in [-0.2, 0) is 17.6 Å². The third kappa shape index (κ3) is 4.51. The Bertz CT molecular complexity index is 766. The van der Waals surface area contributed by atoms with Crippen molar-refractivity contribution in [2.24, 2.45) is 5.41 Å². The lowest BCUT2D eigenvalue weighted by atomic mass is 9.65. The van der Waals surface area contributed by atoms with E-state index in [1.54, 1.807) is 18.2 Å². The van der Waals surface area contributed by atoms with Gasteiger partial charge in [0.25, 0.3) is 0 Å². The maximum absolute atomic E-state index is 12.3. The topological polar surface area (TPSA) is 66.4 Å². The van der Waals surface area contributed by atoms with Gasteiger partial charge in [-0.1, -0.05) is 55.0 Å². The second-order valence-electron chi connectivity index (χ2n) is 7.25. The third-order valence-electron chi connectivity index (χ3n) is 5.37. The Hall–Kier alpha value is -2.62. The fraction of sp³-hybridized carbons (Fsp3) is 0.364. The van der Waals surface area contributed by atoms with E-state index in [0.717, 1.165) is 19.3 Å². The maximum Gasteiger partial charge on any atom is 0.335 e. The number of carboxylic acids is 1. The molecule has 0 heterocycles. The van der Waals surface area contributed by atoms with Crippen LogP contribution in [0, 0.1) is 5.41 Å². The van der Waals surface area contributed by atoms with Crippen LogP contribution in [0.25, 0.3) is 0 Å². The Balaban J connectivity index is 1.51. The van der Waals surface area contributed by atoms with E-state index in [1.165, 1.54) is 12.0 Å². The summed E-state index contributed by atoms with van der Waals surface area (Å²) in [4.78, 5) is 23.5. The molecule has 26 heavy (non-hydrogen) atoms. The molecule has 3 rings (SSSR count). The van der Waals surface area contributed by atoms with Crippen LogP contribution in [0.4, 0.5) is 0 Å². The summed E-state index contributed by atoms with van der Waals surface area (Å²) < 4.78 is 0. The average molecular weight is 351 g/mol. The minimum absolute atomic E-state index is 0.00970. The first-order chi connectivity index (χ1) is 12.6. The summed E-state index contributed by atoms with van der Waals surface area (Å²) in [6, 6.07) is 17.3. The van der Waals surface area contributed by atoms with Crippen molar-refractivity contribution >= 4 is 11.9 Å². The first-order valence-corrected chi connectivity index (χ1v) is 9.20. The van der Waals surface area contributed by atoms with Crippen molar-refractivity contribution in [3.05, 3.63) is 71.3 Å². The first kappa shape index (κ1) is 18.2. The number of hydrogen-bond acceptors (Lipinski definition) is 2. The number of carbonyl (C=O) groups excluding carboxylic acids is 1. The molecular weight excluding hydrogens is 326 g/mol. The minimum Gasteiger partial charge on any atom is -0.478 e. The second kappa shape index (κ2) is 8.17. The van der Waals surface area contributed by atoms with E-state index in [-0.39, 0.29) is 16.9 Å². The summed E-state index contributed by atoms with van der Waals surface area (Å²) in [5.41, 5.74) is 2.48. The van der Waals surface area contributed by atoms with E-state index in [4.69, 9.17) is 0 Å². The standard InChI is InChI=1S/C22H25NO3/c24-20(12-11-18-9-4-5-10-19(18)21(25)26)23-16-22(13-6-14-22)15-17-7-2-1-3-8-17/h1-5,7-10H,6,11-16H2,(H,23,24)(H,25,26). The summed E-state index contributed by atoms with van der Waals surface area (Å²) >= 11 is 0. The quantitative estimate of drug-likeness (QED) is 0.759. The van der Waals surface area contributed by atoms with Crippen molar-refractivity contribution in [2.75, 3.05) is 6.54 Å². The van der Waals surface area contributed by atoms with Crippen LogP contribution in [0.2, 0.25) is 0 Å².